The van der Waals surface area contributed by atoms with E-state index in [1.807, 2.05) is 24.4 Å². The van der Waals surface area contributed by atoms with Crippen molar-refractivity contribution in [1.82, 2.24) is 9.80 Å². The lowest BCUT2D eigenvalue weighted by Gasteiger charge is -2.38. The number of hydrogen-bond acceptors (Lipinski definition) is 5. The number of Topliss-reactive ketones (excluding diaryl/α,β-unsaturated/α-hetero) is 1. The van der Waals surface area contributed by atoms with Crippen molar-refractivity contribution in [1.29, 1.82) is 0 Å². The van der Waals surface area contributed by atoms with Crippen LogP contribution in [0.2, 0.25) is 0 Å². The van der Waals surface area contributed by atoms with E-state index in [-0.39, 0.29) is 23.0 Å². The number of ether oxygens (including phenoxy) is 1. The first-order valence-electron chi connectivity index (χ1n) is 10.8. The van der Waals surface area contributed by atoms with Crippen molar-refractivity contribution < 1.29 is 19.1 Å². The summed E-state index contributed by atoms with van der Waals surface area (Å²) >= 11 is 1.61. The molecule has 1 saturated heterocycles. The van der Waals surface area contributed by atoms with Gasteiger partial charge in [-0.05, 0) is 36.3 Å². The van der Waals surface area contributed by atoms with Crippen molar-refractivity contribution in [3.05, 3.63) is 39.8 Å². The fraction of sp³-hybridized carbons (Fsp3) is 0.542. The van der Waals surface area contributed by atoms with Crippen molar-refractivity contribution in [3.8, 4) is 0 Å². The second-order valence-electron chi connectivity index (χ2n) is 9.77. The predicted molar refractivity (Wildman–Crippen MR) is 120 cm³/mol. The molecule has 1 aromatic rings. The monoisotopic (exact) mass is 442 g/mol. The first-order chi connectivity index (χ1) is 14.6. The fourth-order valence-electron chi connectivity index (χ4n) is 4.68. The van der Waals surface area contributed by atoms with Crippen LogP contribution >= 0.6 is 11.3 Å². The van der Waals surface area contributed by atoms with E-state index in [1.54, 1.807) is 34.1 Å². The second-order valence-corrected chi connectivity index (χ2v) is 10.7. The third-order valence-electron chi connectivity index (χ3n) is 6.39. The number of nitrogens with zero attached hydrogens (tertiary/aromatic N) is 2. The Hall–Kier alpha value is -2.41. The van der Waals surface area contributed by atoms with Gasteiger partial charge in [0.25, 0.3) is 5.91 Å². The third kappa shape index (κ3) is 4.33. The molecular formula is C24H30N2O4S. The van der Waals surface area contributed by atoms with Gasteiger partial charge in [0.1, 0.15) is 5.76 Å². The van der Waals surface area contributed by atoms with Gasteiger partial charge in [0.05, 0.1) is 0 Å². The van der Waals surface area contributed by atoms with Crippen LogP contribution in [0, 0.1) is 5.41 Å². The van der Waals surface area contributed by atoms with E-state index in [9.17, 15) is 14.4 Å². The Morgan fingerprint density at radius 1 is 1.06 bits per heavy atom. The van der Waals surface area contributed by atoms with Crippen LogP contribution in [0.3, 0.4) is 0 Å². The Labute approximate surface area is 187 Å². The number of rotatable bonds is 3. The van der Waals surface area contributed by atoms with E-state index < -0.39 is 5.60 Å². The molecule has 1 atom stereocenters. The molecular weight excluding hydrogens is 412 g/mol. The maximum atomic E-state index is 13.3. The zero-order valence-electron chi connectivity index (χ0n) is 18.7. The van der Waals surface area contributed by atoms with Gasteiger partial charge in [-0.1, -0.05) is 19.9 Å². The van der Waals surface area contributed by atoms with Crippen LogP contribution in [0.1, 0.15) is 51.8 Å². The van der Waals surface area contributed by atoms with Crippen LogP contribution in [-0.4, -0.2) is 59.2 Å². The van der Waals surface area contributed by atoms with E-state index in [0.29, 0.717) is 56.8 Å². The Kier molecular flexibility index (Phi) is 5.58. The average Bonchev–Trinajstić information content (AvgIpc) is 3.35. The summed E-state index contributed by atoms with van der Waals surface area (Å²) in [6.45, 7) is 9.78. The zero-order valence-corrected chi connectivity index (χ0v) is 19.5. The molecule has 0 aromatic carbocycles. The molecule has 0 saturated carbocycles. The van der Waals surface area contributed by atoms with Gasteiger partial charge >= 0.3 is 0 Å². The summed E-state index contributed by atoms with van der Waals surface area (Å²) in [5.74, 6) is 0.683. The minimum Gasteiger partial charge on any atom is -0.481 e. The summed E-state index contributed by atoms with van der Waals surface area (Å²) in [5, 5.41) is 1.99. The van der Waals surface area contributed by atoms with E-state index in [0.717, 1.165) is 10.5 Å². The Morgan fingerprint density at radius 2 is 1.74 bits per heavy atom. The highest BCUT2D eigenvalue weighted by Crippen LogP contribution is 2.46. The Bertz CT molecular complexity index is 968. The number of ketones is 1. The minimum absolute atomic E-state index is 0.0220. The van der Waals surface area contributed by atoms with Gasteiger partial charge in [-0.25, -0.2) is 0 Å². The summed E-state index contributed by atoms with van der Waals surface area (Å²) < 4.78 is 6.12. The topological polar surface area (TPSA) is 66.9 Å². The van der Waals surface area contributed by atoms with Gasteiger partial charge in [0.2, 0.25) is 5.91 Å². The second kappa shape index (κ2) is 7.93. The SMILES string of the molecule is CC(=CC(=O)N1CCN(C(=O)C2(C)CC3=C(CC(C)(C)CC3=O)O2)CC1)c1cccs1. The fourth-order valence-corrected chi connectivity index (χ4v) is 5.38. The van der Waals surface area contributed by atoms with Crippen LogP contribution in [0.4, 0.5) is 0 Å². The van der Waals surface area contributed by atoms with E-state index >= 15 is 0 Å². The molecule has 2 aliphatic heterocycles. The molecule has 3 aliphatic rings. The third-order valence-corrected chi connectivity index (χ3v) is 7.40. The number of allylic oxidation sites excluding steroid dienone is 2. The predicted octanol–water partition coefficient (Wildman–Crippen LogP) is 3.64. The molecule has 0 N–H and O–H groups in total. The summed E-state index contributed by atoms with van der Waals surface area (Å²) in [4.78, 5) is 43.1. The molecule has 1 aliphatic carbocycles. The quantitative estimate of drug-likeness (QED) is 0.671. The van der Waals surface area contributed by atoms with Crippen molar-refractivity contribution in [2.75, 3.05) is 26.2 Å². The Morgan fingerprint density at radius 3 is 2.39 bits per heavy atom. The van der Waals surface area contributed by atoms with Crippen LogP contribution in [-0.2, 0) is 19.1 Å². The largest absolute Gasteiger partial charge is 0.481 e. The molecule has 3 heterocycles. The van der Waals surface area contributed by atoms with Crippen molar-refractivity contribution in [2.45, 2.75) is 52.6 Å². The maximum Gasteiger partial charge on any atom is 0.266 e. The standard InChI is InChI=1S/C24H30N2O4S/c1-16(20-6-5-11-31-20)12-21(28)25-7-9-26(10-8-25)22(29)24(4)13-17-18(27)14-23(2,3)15-19(17)30-24/h5-6,11-12H,7-10,13-15H2,1-4H3. The van der Waals surface area contributed by atoms with Crippen LogP contribution in [0.5, 0.6) is 0 Å². The normalized spacial score (nSPS) is 26.1. The molecule has 1 fully saturated rings. The van der Waals surface area contributed by atoms with Gasteiger partial charge < -0.3 is 14.5 Å². The summed E-state index contributed by atoms with van der Waals surface area (Å²) in [5.41, 5.74) is 0.487. The van der Waals surface area contributed by atoms with Gasteiger partial charge in [-0.15, -0.1) is 11.3 Å². The highest BCUT2D eigenvalue weighted by atomic mass is 32.1. The molecule has 6 nitrogen and oxygen atoms in total. The highest BCUT2D eigenvalue weighted by molar-refractivity contribution is 7.11. The lowest BCUT2D eigenvalue weighted by atomic mass is 9.76. The average molecular weight is 443 g/mol. The number of thiophene rings is 1. The molecule has 166 valence electrons. The van der Waals surface area contributed by atoms with Gasteiger partial charge in [0.15, 0.2) is 11.4 Å². The lowest BCUT2D eigenvalue weighted by molar-refractivity contribution is -0.153. The summed E-state index contributed by atoms with van der Waals surface area (Å²) in [6, 6.07) is 3.97. The van der Waals surface area contributed by atoms with E-state index in [4.69, 9.17) is 4.74 Å². The summed E-state index contributed by atoms with van der Waals surface area (Å²) in [6.07, 6.45) is 3.21. The first-order valence-corrected chi connectivity index (χ1v) is 11.7. The van der Waals surface area contributed by atoms with Gasteiger partial charge in [0, 0.05) is 62.0 Å². The number of hydrogen-bond donors (Lipinski definition) is 0. The van der Waals surface area contributed by atoms with E-state index in [1.165, 1.54) is 0 Å². The zero-order chi connectivity index (χ0) is 22.4. The number of piperazine rings is 1. The van der Waals surface area contributed by atoms with E-state index in [2.05, 4.69) is 13.8 Å². The van der Waals surface area contributed by atoms with Crippen LogP contribution in [0.15, 0.2) is 34.9 Å². The minimum atomic E-state index is -1.03. The maximum absolute atomic E-state index is 13.3. The Balaban J connectivity index is 1.36. The molecule has 4 rings (SSSR count). The van der Waals surface area contributed by atoms with Crippen molar-refractivity contribution in [3.63, 3.8) is 0 Å². The highest BCUT2D eigenvalue weighted by Gasteiger charge is 2.50. The lowest BCUT2D eigenvalue weighted by Crippen LogP contribution is -2.55. The molecule has 1 unspecified atom stereocenters. The molecule has 0 radical (unpaired) electrons. The molecule has 2 amide bonds. The van der Waals surface area contributed by atoms with Crippen LogP contribution < -0.4 is 0 Å². The first kappa shape index (κ1) is 21.8. The van der Waals surface area contributed by atoms with Crippen LogP contribution in [0.25, 0.3) is 5.57 Å². The molecule has 0 bridgehead atoms. The number of carbonyl (C=O) groups excluding carboxylic acids is 3. The van der Waals surface area contributed by atoms with Gasteiger partial charge in [-0.2, -0.15) is 0 Å². The van der Waals surface area contributed by atoms with Crippen molar-refractivity contribution in [2.24, 2.45) is 5.41 Å². The van der Waals surface area contributed by atoms with Gasteiger partial charge in [-0.3, -0.25) is 14.4 Å². The summed E-state index contributed by atoms with van der Waals surface area (Å²) in [7, 11) is 0. The molecule has 7 heteroatoms. The molecule has 31 heavy (non-hydrogen) atoms. The molecule has 0 spiro atoms. The number of carbonyl (C=O) groups is 3. The van der Waals surface area contributed by atoms with Crippen molar-refractivity contribution >= 4 is 34.5 Å². The smallest absolute Gasteiger partial charge is 0.266 e. The number of amides is 2. The molecule has 1 aromatic heterocycles.